The minimum absolute atomic E-state index is 0.0742. The molecular formula is C21H28N2O3. The summed E-state index contributed by atoms with van der Waals surface area (Å²) in [5.41, 5.74) is 0.0858. The van der Waals surface area contributed by atoms with Gasteiger partial charge in [0, 0.05) is 23.5 Å². The van der Waals surface area contributed by atoms with Crippen LogP contribution in [0.15, 0.2) is 35.3 Å². The lowest BCUT2D eigenvalue weighted by atomic mass is 9.91. The fourth-order valence-corrected chi connectivity index (χ4v) is 2.75. The van der Waals surface area contributed by atoms with Crippen molar-refractivity contribution in [3.05, 3.63) is 46.2 Å². The summed E-state index contributed by atoms with van der Waals surface area (Å²) in [4.78, 5) is 37.3. The number of carbonyl (C=O) groups is 2. The van der Waals surface area contributed by atoms with E-state index in [-0.39, 0.29) is 23.3 Å². The van der Waals surface area contributed by atoms with Crippen LogP contribution in [0.3, 0.4) is 0 Å². The number of benzene rings is 1. The number of rotatable bonds is 7. The normalized spacial score (nSPS) is 11.5. The maximum absolute atomic E-state index is 12.7. The number of nitrogens with zero attached hydrogens (tertiary/aromatic N) is 1. The summed E-state index contributed by atoms with van der Waals surface area (Å²) in [5, 5.41) is 3.13. The molecule has 1 aromatic heterocycles. The smallest absolute Gasteiger partial charge is 0.257 e. The number of para-hydroxylation sites is 1. The second-order valence-corrected chi connectivity index (χ2v) is 7.65. The van der Waals surface area contributed by atoms with Crippen molar-refractivity contribution in [2.24, 2.45) is 5.41 Å². The molecule has 0 aliphatic carbocycles. The SMILES string of the molecule is CCCCCn1cc(C(=O)NCC(=O)C(C)(C)C)c(=O)c2ccccc21. The molecule has 0 saturated carbocycles. The number of Topliss-reactive ketones (excluding diaryl/α,β-unsaturated/α-hetero) is 1. The molecule has 0 aliphatic rings. The molecule has 0 bridgehead atoms. The number of aromatic nitrogens is 1. The number of fused-ring (bicyclic) bond motifs is 1. The van der Waals surface area contributed by atoms with Crippen molar-refractivity contribution in [3.63, 3.8) is 0 Å². The summed E-state index contributed by atoms with van der Waals surface area (Å²) in [6.07, 6.45) is 4.78. The molecule has 5 heteroatoms. The number of pyridine rings is 1. The molecule has 0 saturated heterocycles. The Bertz CT molecular complexity index is 860. The first kappa shape index (κ1) is 19.9. The topological polar surface area (TPSA) is 68.2 Å². The molecule has 5 nitrogen and oxygen atoms in total. The summed E-state index contributed by atoms with van der Waals surface area (Å²) in [6, 6.07) is 7.32. The molecule has 140 valence electrons. The quantitative estimate of drug-likeness (QED) is 0.772. The molecule has 0 spiro atoms. The van der Waals surface area contributed by atoms with Crippen molar-refractivity contribution < 1.29 is 9.59 Å². The van der Waals surface area contributed by atoms with E-state index in [1.807, 2.05) is 16.7 Å². The molecule has 0 unspecified atom stereocenters. The molecule has 0 aliphatic heterocycles. The number of unbranched alkanes of at least 4 members (excludes halogenated alkanes) is 2. The summed E-state index contributed by atoms with van der Waals surface area (Å²) in [5.74, 6) is -0.572. The molecule has 0 radical (unpaired) electrons. The van der Waals surface area contributed by atoms with Crippen LogP contribution in [0.2, 0.25) is 0 Å². The molecular weight excluding hydrogens is 328 g/mol. The van der Waals surface area contributed by atoms with Crippen LogP contribution in [-0.4, -0.2) is 22.8 Å². The second kappa shape index (κ2) is 8.30. The zero-order valence-electron chi connectivity index (χ0n) is 16.1. The minimum Gasteiger partial charge on any atom is -0.346 e. The van der Waals surface area contributed by atoms with Crippen molar-refractivity contribution in [2.75, 3.05) is 6.54 Å². The summed E-state index contributed by atoms with van der Waals surface area (Å²) >= 11 is 0. The van der Waals surface area contributed by atoms with E-state index in [2.05, 4.69) is 12.2 Å². The van der Waals surface area contributed by atoms with Gasteiger partial charge in [0.25, 0.3) is 5.91 Å². The number of carbonyl (C=O) groups excluding carboxylic acids is 2. The Balaban J connectivity index is 2.34. The zero-order chi connectivity index (χ0) is 19.3. The van der Waals surface area contributed by atoms with E-state index in [4.69, 9.17) is 0 Å². The van der Waals surface area contributed by atoms with Gasteiger partial charge in [0.15, 0.2) is 5.78 Å². The van der Waals surface area contributed by atoms with Crippen LogP contribution in [0.25, 0.3) is 10.9 Å². The summed E-state index contributed by atoms with van der Waals surface area (Å²) in [6.45, 7) is 8.21. The first-order chi connectivity index (χ1) is 12.3. The van der Waals surface area contributed by atoms with Gasteiger partial charge < -0.3 is 9.88 Å². The Morgan fingerprint density at radius 2 is 1.81 bits per heavy atom. The number of hydrogen-bond acceptors (Lipinski definition) is 3. The van der Waals surface area contributed by atoms with Crippen LogP contribution in [0.5, 0.6) is 0 Å². The van der Waals surface area contributed by atoms with Gasteiger partial charge in [0.05, 0.1) is 12.1 Å². The van der Waals surface area contributed by atoms with Gasteiger partial charge in [-0.1, -0.05) is 52.7 Å². The fourth-order valence-electron chi connectivity index (χ4n) is 2.75. The molecule has 2 rings (SSSR count). The number of aryl methyl sites for hydroxylation is 1. The predicted molar refractivity (Wildman–Crippen MR) is 105 cm³/mol. The van der Waals surface area contributed by atoms with Gasteiger partial charge in [0.1, 0.15) is 5.56 Å². The van der Waals surface area contributed by atoms with Gasteiger partial charge >= 0.3 is 0 Å². The maximum Gasteiger partial charge on any atom is 0.257 e. The molecule has 1 heterocycles. The molecule has 0 atom stereocenters. The van der Waals surface area contributed by atoms with Crippen LogP contribution in [0.1, 0.15) is 57.3 Å². The predicted octanol–water partition coefficient (Wildman–Crippen LogP) is 3.54. The molecule has 26 heavy (non-hydrogen) atoms. The van der Waals surface area contributed by atoms with E-state index in [0.717, 1.165) is 31.3 Å². The standard InChI is InChI=1S/C21H28N2O3/c1-5-6-9-12-23-14-16(19(25)15-10-7-8-11-17(15)23)20(26)22-13-18(24)21(2,3)4/h7-8,10-11,14H,5-6,9,12-13H2,1-4H3,(H,22,26). The summed E-state index contributed by atoms with van der Waals surface area (Å²) < 4.78 is 1.97. The van der Waals surface area contributed by atoms with E-state index in [1.54, 1.807) is 39.1 Å². The number of nitrogens with one attached hydrogen (secondary N) is 1. The highest BCUT2D eigenvalue weighted by Crippen LogP contribution is 2.15. The Labute approximate surface area is 154 Å². The van der Waals surface area contributed by atoms with Crippen LogP contribution >= 0.6 is 0 Å². The number of ketones is 1. The highest BCUT2D eigenvalue weighted by Gasteiger charge is 2.22. The Morgan fingerprint density at radius 3 is 2.46 bits per heavy atom. The van der Waals surface area contributed by atoms with E-state index >= 15 is 0 Å². The maximum atomic E-state index is 12.7. The highest BCUT2D eigenvalue weighted by molar-refractivity contribution is 5.99. The van der Waals surface area contributed by atoms with Crippen molar-refractivity contribution in [3.8, 4) is 0 Å². The average molecular weight is 356 g/mol. The van der Waals surface area contributed by atoms with Crippen molar-refractivity contribution >= 4 is 22.6 Å². The van der Waals surface area contributed by atoms with E-state index < -0.39 is 11.3 Å². The van der Waals surface area contributed by atoms with Crippen molar-refractivity contribution in [2.45, 2.75) is 53.5 Å². The van der Waals surface area contributed by atoms with Gasteiger partial charge in [0.2, 0.25) is 5.43 Å². The Hall–Kier alpha value is -2.43. The van der Waals surface area contributed by atoms with E-state index in [0.29, 0.717) is 5.39 Å². The molecule has 2 aromatic rings. The minimum atomic E-state index is -0.531. The van der Waals surface area contributed by atoms with Crippen molar-refractivity contribution in [1.82, 2.24) is 9.88 Å². The van der Waals surface area contributed by atoms with Crippen molar-refractivity contribution in [1.29, 1.82) is 0 Å². The fraction of sp³-hybridized carbons (Fsp3) is 0.476. The number of amides is 1. The van der Waals surface area contributed by atoms with Gasteiger partial charge in [-0.3, -0.25) is 14.4 Å². The van der Waals surface area contributed by atoms with Gasteiger partial charge in [-0.15, -0.1) is 0 Å². The first-order valence-electron chi connectivity index (χ1n) is 9.19. The van der Waals surface area contributed by atoms with Crippen LogP contribution in [0, 0.1) is 5.41 Å². The monoisotopic (exact) mass is 356 g/mol. The Kier molecular flexibility index (Phi) is 6.35. The van der Waals surface area contributed by atoms with Crippen LogP contribution < -0.4 is 10.7 Å². The van der Waals surface area contributed by atoms with Gasteiger partial charge in [-0.2, -0.15) is 0 Å². The molecule has 0 fully saturated rings. The van der Waals surface area contributed by atoms with Crippen LogP contribution in [0.4, 0.5) is 0 Å². The Morgan fingerprint density at radius 1 is 1.12 bits per heavy atom. The largest absolute Gasteiger partial charge is 0.346 e. The highest BCUT2D eigenvalue weighted by atomic mass is 16.2. The second-order valence-electron chi connectivity index (χ2n) is 7.65. The van der Waals surface area contributed by atoms with E-state index in [9.17, 15) is 14.4 Å². The van der Waals surface area contributed by atoms with Gasteiger partial charge in [-0.25, -0.2) is 0 Å². The average Bonchev–Trinajstić information content (AvgIpc) is 2.60. The molecule has 1 amide bonds. The third-order valence-electron chi connectivity index (χ3n) is 4.48. The third kappa shape index (κ3) is 4.59. The third-order valence-corrected chi connectivity index (χ3v) is 4.48. The lowest BCUT2D eigenvalue weighted by Gasteiger charge is -2.17. The zero-order valence-corrected chi connectivity index (χ0v) is 16.1. The van der Waals surface area contributed by atoms with Crippen LogP contribution in [-0.2, 0) is 11.3 Å². The summed E-state index contributed by atoms with van der Waals surface area (Å²) in [7, 11) is 0. The number of hydrogen-bond donors (Lipinski definition) is 1. The van der Waals surface area contributed by atoms with Gasteiger partial charge in [-0.05, 0) is 18.6 Å². The van der Waals surface area contributed by atoms with E-state index in [1.165, 1.54) is 0 Å². The molecule has 1 aromatic carbocycles. The first-order valence-corrected chi connectivity index (χ1v) is 9.19. The molecule has 1 N–H and O–H groups in total. The lowest BCUT2D eigenvalue weighted by Crippen LogP contribution is -2.37. The lowest BCUT2D eigenvalue weighted by molar-refractivity contribution is -0.125.